The van der Waals surface area contributed by atoms with Gasteiger partial charge in [-0.05, 0) is 43.7 Å². The first-order chi connectivity index (χ1) is 13.8. The van der Waals surface area contributed by atoms with Crippen molar-refractivity contribution in [2.24, 2.45) is 5.92 Å². The minimum absolute atomic E-state index is 0.0672. The van der Waals surface area contributed by atoms with Gasteiger partial charge < -0.3 is 15.1 Å². The molecule has 0 bridgehead atoms. The van der Waals surface area contributed by atoms with E-state index >= 15 is 0 Å². The van der Waals surface area contributed by atoms with Crippen molar-refractivity contribution in [3.8, 4) is 0 Å². The molecular formula is C19H24N6O3S. The number of aromatic nitrogens is 2. The molecule has 2 heterocycles. The number of nitrogens with one attached hydrogen (secondary N) is 2. The molecule has 2 aromatic rings. The Morgan fingerprint density at radius 2 is 1.86 bits per heavy atom. The maximum absolute atomic E-state index is 12.7. The van der Waals surface area contributed by atoms with Gasteiger partial charge in [0, 0.05) is 19.8 Å². The summed E-state index contributed by atoms with van der Waals surface area (Å²) in [4.78, 5) is 25.4. The van der Waals surface area contributed by atoms with Crippen molar-refractivity contribution < 1.29 is 13.2 Å². The molecule has 0 spiro atoms. The van der Waals surface area contributed by atoms with Gasteiger partial charge >= 0.3 is 0 Å². The Bertz CT molecular complexity index is 1040. The van der Waals surface area contributed by atoms with Crippen molar-refractivity contribution in [3.63, 3.8) is 0 Å². The molecule has 154 valence electrons. The lowest BCUT2D eigenvalue weighted by Crippen LogP contribution is -2.51. The predicted molar refractivity (Wildman–Crippen MR) is 111 cm³/mol. The number of fused-ring (bicyclic) bond motifs is 1. The Kier molecular flexibility index (Phi) is 4.91. The molecule has 1 aliphatic heterocycles. The average molecular weight is 417 g/mol. The lowest BCUT2D eigenvalue weighted by Gasteiger charge is -2.38. The number of benzene rings is 1. The molecule has 9 nitrogen and oxygen atoms in total. The van der Waals surface area contributed by atoms with Crippen molar-refractivity contribution in [1.82, 2.24) is 14.7 Å². The second kappa shape index (κ2) is 7.27. The van der Waals surface area contributed by atoms with Crippen molar-refractivity contribution in [1.29, 1.82) is 0 Å². The van der Waals surface area contributed by atoms with Crippen LogP contribution < -0.4 is 19.8 Å². The molecule has 1 fully saturated rings. The number of hydrogen-bond donors (Lipinski definition) is 2. The number of nitrogens with zero attached hydrogens (tertiary/aromatic N) is 4. The van der Waals surface area contributed by atoms with Crippen LogP contribution in [0.25, 0.3) is 0 Å². The van der Waals surface area contributed by atoms with E-state index in [0.29, 0.717) is 29.1 Å². The van der Waals surface area contributed by atoms with Crippen LogP contribution in [0.15, 0.2) is 35.4 Å². The minimum Gasteiger partial charge on any atom is -0.346 e. The summed E-state index contributed by atoms with van der Waals surface area (Å²) in [5.74, 6) is 1.77. The molecule has 29 heavy (non-hydrogen) atoms. The molecule has 2 N–H and O–H groups in total. The summed E-state index contributed by atoms with van der Waals surface area (Å²) in [5.41, 5.74) is 1.34. The number of rotatable bonds is 6. The van der Waals surface area contributed by atoms with Gasteiger partial charge in [0.1, 0.15) is 11.7 Å². The number of likely N-dealkylation sites (N-methyl/N-ethyl adjacent to an activating group) is 2. The first-order valence-electron chi connectivity index (χ1n) is 9.48. The van der Waals surface area contributed by atoms with Crippen LogP contribution in [0.2, 0.25) is 0 Å². The smallest absolute Gasteiger partial charge is 0.249 e. The summed E-state index contributed by atoms with van der Waals surface area (Å²) in [7, 11) is 1.54. The Hall–Kier alpha value is -2.72. The summed E-state index contributed by atoms with van der Waals surface area (Å²) >= 11 is 0. The molecule has 1 atom stereocenters. The lowest BCUT2D eigenvalue weighted by molar-refractivity contribution is -0.120. The number of sulfonamides is 1. The van der Waals surface area contributed by atoms with Gasteiger partial charge in [-0.25, -0.2) is 18.1 Å². The number of amides is 1. The molecule has 10 heteroatoms. The molecule has 4 rings (SSSR count). The molecular weight excluding hydrogens is 392 g/mol. The fraction of sp³-hybridized carbons (Fsp3) is 0.421. The SMILES string of the molecule is CNS(=O)(=O)c1ccc(Nc2ncc3c(n2)N(C)C(CC2CC2)C(=O)N3C)cc1. The van der Waals surface area contributed by atoms with E-state index in [-0.39, 0.29) is 16.8 Å². The number of anilines is 4. The standard InChI is InChI=1S/C19H24N6O3S/c1-20-29(27,28)14-8-6-13(7-9-14)22-19-21-11-16-17(23-19)24(2)15(10-12-4-5-12)18(26)25(16)3/h6-9,11-12,15,20H,4-5,10H2,1-3H3,(H,21,22,23). The van der Waals surface area contributed by atoms with E-state index in [1.165, 1.54) is 32.0 Å². The van der Waals surface area contributed by atoms with Crippen molar-refractivity contribution >= 4 is 39.1 Å². The second-order valence-corrected chi connectivity index (χ2v) is 9.35. The normalized spacial score (nSPS) is 19.3. The quantitative estimate of drug-likeness (QED) is 0.738. The molecule has 0 saturated heterocycles. The highest BCUT2D eigenvalue weighted by molar-refractivity contribution is 7.89. The molecule has 0 radical (unpaired) electrons. The van der Waals surface area contributed by atoms with E-state index in [2.05, 4.69) is 20.0 Å². The van der Waals surface area contributed by atoms with E-state index in [4.69, 9.17) is 0 Å². The monoisotopic (exact) mass is 416 g/mol. The maximum atomic E-state index is 12.7. The summed E-state index contributed by atoms with van der Waals surface area (Å²) in [5, 5.41) is 3.10. The Balaban J connectivity index is 1.58. The summed E-state index contributed by atoms with van der Waals surface area (Å²) in [6, 6.07) is 6.12. The highest BCUT2D eigenvalue weighted by Gasteiger charge is 2.39. The molecule has 1 saturated carbocycles. The van der Waals surface area contributed by atoms with Gasteiger partial charge in [-0.2, -0.15) is 4.98 Å². The summed E-state index contributed by atoms with van der Waals surface area (Å²) in [6.07, 6.45) is 4.84. The third-order valence-electron chi connectivity index (χ3n) is 5.47. The molecule has 1 aromatic carbocycles. The van der Waals surface area contributed by atoms with Gasteiger partial charge in [-0.3, -0.25) is 4.79 Å². The second-order valence-electron chi connectivity index (χ2n) is 7.46. The number of carbonyl (C=O) groups is 1. The topological polar surface area (TPSA) is 108 Å². The Morgan fingerprint density at radius 3 is 2.48 bits per heavy atom. The highest BCUT2D eigenvalue weighted by atomic mass is 32.2. The van der Waals surface area contributed by atoms with Crippen LogP contribution in [0.3, 0.4) is 0 Å². The van der Waals surface area contributed by atoms with Crippen LogP contribution in [-0.2, 0) is 14.8 Å². The van der Waals surface area contributed by atoms with Crippen LogP contribution in [0.5, 0.6) is 0 Å². The van der Waals surface area contributed by atoms with E-state index in [1.807, 2.05) is 11.9 Å². The average Bonchev–Trinajstić information content (AvgIpc) is 3.54. The van der Waals surface area contributed by atoms with Gasteiger partial charge in [-0.15, -0.1) is 0 Å². The molecule has 1 unspecified atom stereocenters. The summed E-state index contributed by atoms with van der Waals surface area (Å²) < 4.78 is 26.0. The Labute approximate surface area is 170 Å². The zero-order chi connectivity index (χ0) is 20.8. The van der Waals surface area contributed by atoms with Crippen LogP contribution in [0.1, 0.15) is 19.3 Å². The first-order valence-corrected chi connectivity index (χ1v) is 11.0. The van der Waals surface area contributed by atoms with Gasteiger partial charge in [0.05, 0.1) is 11.1 Å². The van der Waals surface area contributed by atoms with Crippen LogP contribution in [0, 0.1) is 5.92 Å². The van der Waals surface area contributed by atoms with E-state index < -0.39 is 10.0 Å². The van der Waals surface area contributed by atoms with Crippen molar-refractivity contribution in [2.75, 3.05) is 36.3 Å². The van der Waals surface area contributed by atoms with Crippen LogP contribution >= 0.6 is 0 Å². The largest absolute Gasteiger partial charge is 0.346 e. The van der Waals surface area contributed by atoms with E-state index in [1.54, 1.807) is 30.3 Å². The van der Waals surface area contributed by atoms with Crippen molar-refractivity contribution in [2.45, 2.75) is 30.2 Å². The minimum atomic E-state index is -3.48. The fourth-order valence-electron chi connectivity index (χ4n) is 3.47. The third kappa shape index (κ3) is 3.77. The highest BCUT2D eigenvalue weighted by Crippen LogP contribution is 2.40. The van der Waals surface area contributed by atoms with Gasteiger partial charge in [0.15, 0.2) is 5.82 Å². The third-order valence-corrected chi connectivity index (χ3v) is 6.90. The zero-order valence-corrected chi connectivity index (χ0v) is 17.4. The Morgan fingerprint density at radius 1 is 1.17 bits per heavy atom. The van der Waals surface area contributed by atoms with E-state index in [9.17, 15) is 13.2 Å². The van der Waals surface area contributed by atoms with Gasteiger partial charge in [-0.1, -0.05) is 12.8 Å². The van der Waals surface area contributed by atoms with Crippen LogP contribution in [-0.4, -0.2) is 51.5 Å². The predicted octanol–water partition coefficient (Wildman–Crippen LogP) is 1.71. The molecule has 1 aliphatic carbocycles. The van der Waals surface area contributed by atoms with Gasteiger partial charge in [0.25, 0.3) is 0 Å². The fourth-order valence-corrected chi connectivity index (χ4v) is 4.20. The summed E-state index contributed by atoms with van der Waals surface area (Å²) in [6.45, 7) is 0. The number of hydrogen-bond acceptors (Lipinski definition) is 7. The molecule has 1 aromatic heterocycles. The molecule has 1 amide bonds. The lowest BCUT2D eigenvalue weighted by atomic mass is 10.0. The van der Waals surface area contributed by atoms with E-state index in [0.717, 1.165) is 6.42 Å². The van der Waals surface area contributed by atoms with Gasteiger partial charge in [0.2, 0.25) is 21.9 Å². The zero-order valence-electron chi connectivity index (χ0n) is 16.6. The number of carbonyl (C=O) groups excluding carboxylic acids is 1. The van der Waals surface area contributed by atoms with Crippen LogP contribution in [0.4, 0.5) is 23.1 Å². The van der Waals surface area contributed by atoms with Crippen molar-refractivity contribution in [3.05, 3.63) is 30.5 Å². The first kappa shape index (κ1) is 19.6. The molecule has 2 aliphatic rings. The maximum Gasteiger partial charge on any atom is 0.249 e.